The van der Waals surface area contributed by atoms with Crippen LogP contribution >= 0.6 is 22.9 Å². The molecule has 1 aromatic heterocycles. The van der Waals surface area contributed by atoms with Crippen molar-refractivity contribution in [2.45, 2.75) is 32.4 Å². The first-order valence-corrected chi connectivity index (χ1v) is 10.7. The summed E-state index contributed by atoms with van der Waals surface area (Å²) in [5, 5.41) is 0.629. The molecule has 6 nitrogen and oxygen atoms in total. The molecular formula is C15H18ClN3O3S2. The Labute approximate surface area is 149 Å². The number of nitrogens with zero attached hydrogens (tertiary/aromatic N) is 3. The summed E-state index contributed by atoms with van der Waals surface area (Å²) in [5.74, 6) is -0.405. The van der Waals surface area contributed by atoms with Crippen molar-refractivity contribution in [3.8, 4) is 0 Å². The number of sulfonamides is 1. The van der Waals surface area contributed by atoms with Gasteiger partial charge in [0, 0.05) is 18.1 Å². The molecule has 1 fully saturated rings. The van der Waals surface area contributed by atoms with Crippen molar-refractivity contribution >= 4 is 49.1 Å². The fourth-order valence-corrected chi connectivity index (χ4v) is 5.48. The first kappa shape index (κ1) is 17.6. The van der Waals surface area contributed by atoms with Gasteiger partial charge in [-0.3, -0.25) is 4.79 Å². The van der Waals surface area contributed by atoms with Gasteiger partial charge in [-0.25, -0.2) is 8.42 Å². The minimum atomic E-state index is -3.40. The molecule has 24 heavy (non-hydrogen) atoms. The number of rotatable bonds is 3. The van der Waals surface area contributed by atoms with Crippen LogP contribution in [0.4, 0.5) is 0 Å². The number of fused-ring (bicyclic) bond motifs is 1. The van der Waals surface area contributed by atoms with Gasteiger partial charge >= 0.3 is 0 Å². The minimum absolute atomic E-state index is 0.376. The fourth-order valence-electron chi connectivity index (χ4n) is 2.99. The lowest BCUT2D eigenvalue weighted by molar-refractivity contribution is -0.121. The molecule has 1 unspecified atom stereocenters. The molecule has 1 aliphatic rings. The molecular weight excluding hydrogens is 370 g/mol. The van der Waals surface area contributed by atoms with Gasteiger partial charge < -0.3 is 4.57 Å². The summed E-state index contributed by atoms with van der Waals surface area (Å²) in [6.07, 6.45) is 2.32. The SMILES string of the molecule is CCn1c(=NC(=O)C2CCCN2S(C)(=O)=O)sc2cc(Cl)ccc21. The molecule has 0 radical (unpaired) electrons. The molecule has 3 rings (SSSR count). The van der Waals surface area contributed by atoms with Crippen molar-refractivity contribution in [1.29, 1.82) is 0 Å². The Morgan fingerprint density at radius 1 is 1.46 bits per heavy atom. The third-order valence-corrected chi connectivity index (χ3v) is 6.65. The van der Waals surface area contributed by atoms with E-state index in [0.29, 0.717) is 35.8 Å². The zero-order valence-electron chi connectivity index (χ0n) is 13.4. The maximum absolute atomic E-state index is 12.6. The Morgan fingerprint density at radius 2 is 2.21 bits per heavy atom. The summed E-state index contributed by atoms with van der Waals surface area (Å²) < 4.78 is 27.8. The third kappa shape index (κ3) is 3.28. The second kappa shape index (κ2) is 6.59. The standard InChI is InChI=1S/C15H18ClN3O3S2/c1-3-18-11-7-6-10(16)9-13(11)23-15(18)17-14(20)12-5-4-8-19(12)24(2,21)22/h6-7,9,12H,3-5,8H2,1-2H3. The Kier molecular flexibility index (Phi) is 4.83. The maximum Gasteiger partial charge on any atom is 0.266 e. The van der Waals surface area contributed by atoms with Crippen LogP contribution in [-0.2, 0) is 21.4 Å². The summed E-state index contributed by atoms with van der Waals surface area (Å²) in [5.41, 5.74) is 0.963. The van der Waals surface area contributed by atoms with Crippen molar-refractivity contribution in [1.82, 2.24) is 8.87 Å². The third-order valence-electron chi connectivity index (χ3n) is 4.08. The van der Waals surface area contributed by atoms with Crippen LogP contribution in [0.2, 0.25) is 5.02 Å². The molecule has 0 spiro atoms. The van der Waals surface area contributed by atoms with Crippen molar-refractivity contribution in [3.63, 3.8) is 0 Å². The summed E-state index contributed by atoms with van der Waals surface area (Å²) in [6.45, 7) is 3.01. The summed E-state index contributed by atoms with van der Waals surface area (Å²) >= 11 is 7.41. The van der Waals surface area contributed by atoms with Gasteiger partial charge in [0.15, 0.2) is 4.80 Å². The van der Waals surface area contributed by atoms with Crippen LogP contribution in [0, 0.1) is 0 Å². The number of benzene rings is 1. The number of hydrogen-bond donors (Lipinski definition) is 0. The van der Waals surface area contributed by atoms with Crippen LogP contribution < -0.4 is 4.80 Å². The van der Waals surface area contributed by atoms with Gasteiger partial charge in [0.25, 0.3) is 5.91 Å². The second-order valence-corrected chi connectivity index (χ2v) is 9.10. The van der Waals surface area contributed by atoms with E-state index in [4.69, 9.17) is 11.6 Å². The number of hydrogen-bond acceptors (Lipinski definition) is 4. The second-order valence-electron chi connectivity index (χ2n) is 5.72. The van der Waals surface area contributed by atoms with Crippen molar-refractivity contribution in [3.05, 3.63) is 28.0 Å². The summed E-state index contributed by atoms with van der Waals surface area (Å²) in [7, 11) is -3.40. The Balaban J connectivity index is 2.05. The Bertz CT molecular complexity index is 962. The summed E-state index contributed by atoms with van der Waals surface area (Å²) in [4.78, 5) is 17.4. The van der Waals surface area contributed by atoms with Gasteiger partial charge in [0.05, 0.1) is 16.5 Å². The van der Waals surface area contributed by atoms with E-state index in [1.165, 1.54) is 15.6 Å². The molecule has 2 heterocycles. The molecule has 0 saturated carbocycles. The monoisotopic (exact) mass is 387 g/mol. The zero-order valence-corrected chi connectivity index (χ0v) is 15.8. The highest BCUT2D eigenvalue weighted by atomic mass is 35.5. The number of carbonyl (C=O) groups excluding carboxylic acids is 1. The van der Waals surface area contributed by atoms with E-state index in [9.17, 15) is 13.2 Å². The molecule has 1 atom stereocenters. The van der Waals surface area contributed by atoms with Gasteiger partial charge in [-0.05, 0) is 38.0 Å². The van der Waals surface area contributed by atoms with Crippen LogP contribution in [-0.4, -0.2) is 42.0 Å². The Hall–Kier alpha value is -1.22. The molecule has 0 N–H and O–H groups in total. The Morgan fingerprint density at radius 3 is 2.88 bits per heavy atom. The van der Waals surface area contributed by atoms with Gasteiger partial charge in [0.1, 0.15) is 6.04 Å². The largest absolute Gasteiger partial charge is 0.317 e. The van der Waals surface area contributed by atoms with Crippen LogP contribution in [0.25, 0.3) is 10.2 Å². The van der Waals surface area contributed by atoms with Crippen LogP contribution in [0.3, 0.4) is 0 Å². The maximum atomic E-state index is 12.6. The van der Waals surface area contributed by atoms with Crippen LogP contribution in [0.15, 0.2) is 23.2 Å². The smallest absolute Gasteiger partial charge is 0.266 e. The molecule has 0 aliphatic carbocycles. The zero-order chi connectivity index (χ0) is 17.5. The van der Waals surface area contributed by atoms with Crippen LogP contribution in [0.1, 0.15) is 19.8 Å². The highest BCUT2D eigenvalue weighted by Crippen LogP contribution is 2.23. The highest BCUT2D eigenvalue weighted by molar-refractivity contribution is 7.88. The lowest BCUT2D eigenvalue weighted by atomic mass is 10.2. The first-order chi connectivity index (χ1) is 11.3. The molecule has 130 valence electrons. The van der Waals surface area contributed by atoms with Gasteiger partial charge in [0.2, 0.25) is 10.0 Å². The quantitative estimate of drug-likeness (QED) is 0.810. The fraction of sp³-hybridized carbons (Fsp3) is 0.467. The molecule has 1 amide bonds. The van der Waals surface area contributed by atoms with E-state index in [2.05, 4.69) is 4.99 Å². The van der Waals surface area contributed by atoms with Gasteiger partial charge in [-0.1, -0.05) is 22.9 Å². The van der Waals surface area contributed by atoms with E-state index in [0.717, 1.165) is 16.5 Å². The lowest BCUT2D eigenvalue weighted by Gasteiger charge is -2.18. The predicted octanol–water partition coefficient (Wildman–Crippen LogP) is 2.23. The predicted molar refractivity (Wildman–Crippen MR) is 95.6 cm³/mol. The van der Waals surface area contributed by atoms with Crippen molar-refractivity contribution in [2.75, 3.05) is 12.8 Å². The lowest BCUT2D eigenvalue weighted by Crippen LogP contribution is -2.39. The topological polar surface area (TPSA) is 71.7 Å². The average Bonchev–Trinajstić information content (AvgIpc) is 3.10. The first-order valence-electron chi connectivity index (χ1n) is 7.65. The number of aryl methyl sites for hydroxylation is 1. The van der Waals surface area contributed by atoms with E-state index >= 15 is 0 Å². The summed E-state index contributed by atoms with van der Waals surface area (Å²) in [6, 6.07) is 4.85. The molecule has 1 aliphatic heterocycles. The van der Waals surface area contributed by atoms with Gasteiger partial charge in [-0.2, -0.15) is 9.30 Å². The number of aromatic nitrogens is 1. The number of carbonyl (C=O) groups is 1. The number of amides is 1. The molecule has 2 aromatic rings. The molecule has 1 aromatic carbocycles. The molecule has 0 bridgehead atoms. The van der Waals surface area contributed by atoms with Crippen LogP contribution in [0.5, 0.6) is 0 Å². The van der Waals surface area contributed by atoms with Gasteiger partial charge in [-0.15, -0.1) is 0 Å². The van der Waals surface area contributed by atoms with E-state index in [1.807, 2.05) is 23.6 Å². The van der Waals surface area contributed by atoms with E-state index in [1.54, 1.807) is 6.07 Å². The number of halogens is 1. The normalized spacial score (nSPS) is 20.1. The molecule has 1 saturated heterocycles. The number of thiazole rings is 1. The van der Waals surface area contributed by atoms with Crippen molar-refractivity contribution in [2.24, 2.45) is 4.99 Å². The van der Waals surface area contributed by atoms with E-state index < -0.39 is 22.0 Å². The highest BCUT2D eigenvalue weighted by Gasteiger charge is 2.36. The molecule has 9 heteroatoms. The minimum Gasteiger partial charge on any atom is -0.317 e. The average molecular weight is 388 g/mol. The van der Waals surface area contributed by atoms with Crippen molar-refractivity contribution < 1.29 is 13.2 Å². The van der Waals surface area contributed by atoms with E-state index in [-0.39, 0.29) is 0 Å².